The van der Waals surface area contributed by atoms with Gasteiger partial charge >= 0.3 is 0 Å². The molecule has 4 heteroatoms. The lowest BCUT2D eigenvalue weighted by atomic mass is 9.86. The molecule has 0 aliphatic heterocycles. The summed E-state index contributed by atoms with van der Waals surface area (Å²) in [6, 6.07) is 47.4. The van der Waals surface area contributed by atoms with E-state index in [0.29, 0.717) is 0 Å². The molecule has 1 atom stereocenters. The third kappa shape index (κ3) is 5.76. The number of pyridine rings is 3. The van der Waals surface area contributed by atoms with E-state index in [9.17, 15) is 0 Å². The number of nitrogens with zero attached hydrogens (tertiary/aromatic N) is 4. The van der Waals surface area contributed by atoms with Gasteiger partial charge < -0.3 is 0 Å². The monoisotopic (exact) mass is 742 g/mol. The highest BCUT2D eigenvalue weighted by molar-refractivity contribution is 6.27. The number of hydrogen-bond acceptors (Lipinski definition) is 4. The number of rotatable bonds is 6. The number of fused-ring (bicyclic) bond motifs is 9. The predicted molar refractivity (Wildman–Crippen MR) is 244 cm³/mol. The molecular formula is C54H38N4. The van der Waals surface area contributed by atoms with Gasteiger partial charge in [0.15, 0.2) is 0 Å². The topological polar surface area (TPSA) is 51.0 Å². The van der Waals surface area contributed by atoms with Crippen molar-refractivity contribution in [2.24, 2.45) is 4.99 Å². The molecule has 1 unspecified atom stereocenters. The van der Waals surface area contributed by atoms with Crippen molar-refractivity contribution in [3.8, 4) is 22.5 Å². The van der Waals surface area contributed by atoms with Crippen LogP contribution in [-0.2, 0) is 0 Å². The van der Waals surface area contributed by atoms with Gasteiger partial charge in [0.05, 0.1) is 39.9 Å². The Morgan fingerprint density at radius 3 is 2.16 bits per heavy atom. The fourth-order valence-electron chi connectivity index (χ4n) is 8.98. The molecule has 0 fully saturated rings. The second-order valence-corrected chi connectivity index (χ2v) is 15.2. The third-order valence-electron chi connectivity index (χ3n) is 11.8. The van der Waals surface area contributed by atoms with Crippen LogP contribution in [0.15, 0.2) is 182 Å². The van der Waals surface area contributed by atoms with E-state index in [-0.39, 0.29) is 6.04 Å². The van der Waals surface area contributed by atoms with Crippen LogP contribution in [0.5, 0.6) is 0 Å². The number of benzene rings is 6. The molecule has 6 aromatic carbocycles. The molecule has 11 rings (SSSR count). The van der Waals surface area contributed by atoms with Gasteiger partial charge in [-0.3, -0.25) is 9.98 Å². The van der Waals surface area contributed by atoms with E-state index in [1.54, 1.807) is 0 Å². The first-order chi connectivity index (χ1) is 28.7. The second-order valence-electron chi connectivity index (χ2n) is 15.2. The minimum absolute atomic E-state index is 0.126. The normalized spacial score (nSPS) is 15.3. The zero-order valence-corrected chi connectivity index (χ0v) is 31.9. The van der Waals surface area contributed by atoms with Crippen LogP contribution in [0.3, 0.4) is 0 Å². The SMILES string of the molecule is C=C/C(=N\C1CC=Cc2c1nc1ccccc1c2C1=CCCC=C1)c1ccc2c3ccc(-c4ccc5ccc(-c6ccccn6)nc5c4)cc3c3ccccc3c2c1. The van der Waals surface area contributed by atoms with E-state index in [1.165, 1.54) is 54.4 Å². The minimum atomic E-state index is -0.126. The molecule has 0 saturated heterocycles. The Bertz CT molecular complexity index is 3260. The molecule has 0 radical (unpaired) electrons. The zero-order chi connectivity index (χ0) is 38.6. The lowest BCUT2D eigenvalue weighted by Crippen LogP contribution is -2.11. The van der Waals surface area contributed by atoms with Crippen LogP contribution < -0.4 is 0 Å². The van der Waals surface area contributed by atoms with Gasteiger partial charge in [0.2, 0.25) is 0 Å². The molecule has 3 aromatic heterocycles. The van der Waals surface area contributed by atoms with Gasteiger partial charge in [-0.25, -0.2) is 9.97 Å². The molecule has 0 N–H and O–H groups in total. The molecule has 0 bridgehead atoms. The molecule has 3 heterocycles. The molecule has 58 heavy (non-hydrogen) atoms. The summed E-state index contributed by atoms with van der Waals surface area (Å²) in [7, 11) is 0. The van der Waals surface area contributed by atoms with Crippen LogP contribution in [0.2, 0.25) is 0 Å². The summed E-state index contributed by atoms with van der Waals surface area (Å²) < 4.78 is 0. The summed E-state index contributed by atoms with van der Waals surface area (Å²) in [5, 5.41) is 9.58. The van der Waals surface area contributed by atoms with Crippen molar-refractivity contribution in [3.05, 3.63) is 199 Å². The average molecular weight is 743 g/mol. The fourth-order valence-corrected chi connectivity index (χ4v) is 8.98. The number of allylic oxidation sites excluding steroid dienone is 5. The van der Waals surface area contributed by atoms with Crippen molar-refractivity contribution >= 4 is 71.5 Å². The average Bonchev–Trinajstić information content (AvgIpc) is 3.30. The van der Waals surface area contributed by atoms with Gasteiger partial charge in [0.25, 0.3) is 0 Å². The van der Waals surface area contributed by atoms with Crippen molar-refractivity contribution in [1.82, 2.24) is 15.0 Å². The summed E-state index contributed by atoms with van der Waals surface area (Å²) in [5.74, 6) is 0. The highest BCUT2D eigenvalue weighted by Crippen LogP contribution is 2.41. The Morgan fingerprint density at radius 1 is 0.603 bits per heavy atom. The van der Waals surface area contributed by atoms with Crippen LogP contribution in [0.4, 0.5) is 0 Å². The molecule has 9 aromatic rings. The van der Waals surface area contributed by atoms with Gasteiger partial charge in [-0.15, -0.1) is 0 Å². The molecule has 2 aliphatic carbocycles. The first-order valence-electron chi connectivity index (χ1n) is 20.1. The molecule has 2 aliphatic rings. The molecule has 0 amide bonds. The van der Waals surface area contributed by atoms with Crippen molar-refractivity contribution in [2.75, 3.05) is 0 Å². The molecule has 0 spiro atoms. The molecule has 0 saturated carbocycles. The van der Waals surface area contributed by atoms with Gasteiger partial charge in [-0.05, 0) is 122 Å². The first kappa shape index (κ1) is 34.0. The van der Waals surface area contributed by atoms with E-state index in [1.807, 2.05) is 36.5 Å². The van der Waals surface area contributed by atoms with E-state index in [4.69, 9.17) is 15.0 Å². The molecule has 4 nitrogen and oxygen atoms in total. The van der Waals surface area contributed by atoms with E-state index < -0.39 is 0 Å². The van der Waals surface area contributed by atoms with Crippen molar-refractivity contribution in [1.29, 1.82) is 0 Å². The van der Waals surface area contributed by atoms with Gasteiger partial charge in [0, 0.05) is 28.1 Å². The first-order valence-corrected chi connectivity index (χ1v) is 20.1. The Hall–Kier alpha value is -7.30. The van der Waals surface area contributed by atoms with Gasteiger partial charge in [-0.2, -0.15) is 0 Å². The summed E-state index contributed by atoms with van der Waals surface area (Å²) in [5.41, 5.74) is 12.6. The minimum Gasteiger partial charge on any atom is -0.275 e. The number of aromatic nitrogens is 3. The maximum absolute atomic E-state index is 5.44. The lowest BCUT2D eigenvalue weighted by Gasteiger charge is -2.23. The Balaban J connectivity index is 1.01. The smallest absolute Gasteiger partial charge is 0.0967 e. The number of aliphatic imine (C=N–C) groups is 1. The van der Waals surface area contributed by atoms with Crippen LogP contribution in [0.25, 0.3) is 88.3 Å². The maximum Gasteiger partial charge on any atom is 0.0967 e. The summed E-state index contributed by atoms with van der Waals surface area (Å²) in [6.07, 6.45) is 18.0. The van der Waals surface area contributed by atoms with Gasteiger partial charge in [0.1, 0.15) is 0 Å². The zero-order valence-electron chi connectivity index (χ0n) is 31.9. The Kier molecular flexibility index (Phi) is 8.21. The van der Waals surface area contributed by atoms with E-state index in [0.717, 1.165) is 75.2 Å². The predicted octanol–water partition coefficient (Wildman–Crippen LogP) is 13.8. The van der Waals surface area contributed by atoms with Crippen LogP contribution >= 0.6 is 0 Å². The fraction of sp³-hybridized carbons (Fsp3) is 0.0741. The Morgan fingerprint density at radius 2 is 1.34 bits per heavy atom. The summed E-state index contributed by atoms with van der Waals surface area (Å²) in [4.78, 5) is 20.2. The van der Waals surface area contributed by atoms with E-state index >= 15 is 0 Å². The van der Waals surface area contributed by atoms with E-state index in [2.05, 4.69) is 151 Å². The van der Waals surface area contributed by atoms with Crippen molar-refractivity contribution in [2.45, 2.75) is 25.3 Å². The molecule has 274 valence electrons. The Labute approximate surface area is 337 Å². The number of para-hydroxylation sites is 1. The third-order valence-corrected chi connectivity index (χ3v) is 11.8. The summed E-state index contributed by atoms with van der Waals surface area (Å²) in [6.45, 7) is 4.27. The lowest BCUT2D eigenvalue weighted by molar-refractivity contribution is 0.712. The van der Waals surface area contributed by atoms with Crippen LogP contribution in [0.1, 0.15) is 47.7 Å². The van der Waals surface area contributed by atoms with Gasteiger partial charge in [-0.1, -0.05) is 128 Å². The van der Waals surface area contributed by atoms with Crippen molar-refractivity contribution < 1.29 is 0 Å². The van der Waals surface area contributed by atoms with Crippen LogP contribution in [-0.4, -0.2) is 20.7 Å². The summed E-state index contributed by atoms with van der Waals surface area (Å²) >= 11 is 0. The molecular weight excluding hydrogens is 705 g/mol. The highest BCUT2D eigenvalue weighted by Gasteiger charge is 2.25. The largest absolute Gasteiger partial charge is 0.275 e. The van der Waals surface area contributed by atoms with Crippen molar-refractivity contribution in [3.63, 3.8) is 0 Å². The van der Waals surface area contributed by atoms with Crippen LogP contribution in [0, 0.1) is 0 Å². The number of hydrogen-bond donors (Lipinski definition) is 0. The quantitative estimate of drug-likeness (QED) is 0.126. The maximum atomic E-state index is 5.44. The standard InChI is InChI=1S/C54H38N4/c1-2-47(56-51-21-12-18-44-53(35-13-4-3-5-14-35)43-17-8-9-19-48(43)58-54(44)51)38-25-28-42-41-27-24-36(31-45(41)39-15-6-7-16-40(39)46(42)32-38)37-23-22-34-26-29-50(57-52(34)33-37)49-20-10-11-30-55-49/h2,4,6-20,22-33,51H,1,3,5,21H2/b56-47+. The second kappa shape index (κ2) is 14.0. The highest BCUT2D eigenvalue weighted by atomic mass is 14.9.